The number of methoxy groups -OCH3 is 1. The summed E-state index contributed by atoms with van der Waals surface area (Å²) < 4.78 is 16.1. The van der Waals surface area contributed by atoms with Gasteiger partial charge in [0.1, 0.15) is 18.1 Å². The fraction of sp³-hybridized carbons (Fsp3) is 0.100. The molecule has 7 nitrogen and oxygen atoms in total. The number of ether oxygens (including phenoxy) is 2. The topological polar surface area (TPSA) is 96.3 Å². The molecule has 0 saturated heterocycles. The molecule has 0 amide bonds. The molecule has 0 atom stereocenters. The third-order valence-corrected chi connectivity index (χ3v) is 4.86. The zero-order valence-corrected chi connectivity index (χ0v) is 18.8. The molecule has 11 heteroatoms. The first-order valence-electron chi connectivity index (χ1n) is 8.53. The van der Waals surface area contributed by atoms with E-state index in [1.807, 2.05) is 0 Å². The number of carbonyl (C=O) groups is 1. The Kier molecular flexibility index (Phi) is 7.56. The van der Waals surface area contributed by atoms with Gasteiger partial charge in [-0.05, 0) is 42.5 Å². The molecule has 0 bridgehead atoms. The van der Waals surface area contributed by atoms with Crippen molar-refractivity contribution in [1.29, 1.82) is 0 Å². The van der Waals surface area contributed by atoms with Crippen LogP contribution in [0.15, 0.2) is 52.0 Å². The number of benzene rings is 2. The highest BCUT2D eigenvalue weighted by Crippen LogP contribution is 2.36. The Labute approximate surface area is 197 Å². The molecule has 0 aliphatic carbocycles. The molecule has 0 aliphatic heterocycles. The second-order valence-corrected chi connectivity index (χ2v) is 7.64. The molecular formula is C20H14Cl4N2O5. The first-order chi connectivity index (χ1) is 14.8. The molecule has 162 valence electrons. The first-order valence-corrected chi connectivity index (χ1v) is 10.0. The minimum Gasteiger partial charge on any atom is -0.496 e. The lowest BCUT2D eigenvalue weighted by Crippen LogP contribution is -2.16. The van der Waals surface area contributed by atoms with Crippen LogP contribution in [0.25, 0.3) is 0 Å². The van der Waals surface area contributed by atoms with E-state index in [0.29, 0.717) is 27.1 Å². The predicted molar refractivity (Wildman–Crippen MR) is 119 cm³/mol. The van der Waals surface area contributed by atoms with Gasteiger partial charge in [-0.2, -0.15) is 0 Å². The zero-order chi connectivity index (χ0) is 22.5. The van der Waals surface area contributed by atoms with Gasteiger partial charge >= 0.3 is 5.97 Å². The van der Waals surface area contributed by atoms with Gasteiger partial charge in [0.25, 0.3) is 0 Å². The van der Waals surface area contributed by atoms with Gasteiger partial charge in [-0.25, -0.2) is 4.79 Å². The van der Waals surface area contributed by atoms with Crippen molar-refractivity contribution in [3.05, 3.63) is 79.6 Å². The zero-order valence-electron chi connectivity index (χ0n) is 15.8. The van der Waals surface area contributed by atoms with Crippen LogP contribution in [0.1, 0.15) is 21.9 Å². The number of amidine groups is 1. The molecule has 1 aromatic heterocycles. The summed E-state index contributed by atoms with van der Waals surface area (Å²) >= 11 is 24.0. The largest absolute Gasteiger partial charge is 0.496 e. The summed E-state index contributed by atoms with van der Waals surface area (Å²) in [5.41, 5.74) is 6.24. The van der Waals surface area contributed by atoms with Gasteiger partial charge in [0.2, 0.25) is 5.76 Å². The highest BCUT2D eigenvalue weighted by molar-refractivity contribution is 6.40. The lowest BCUT2D eigenvalue weighted by Gasteiger charge is -2.09. The van der Waals surface area contributed by atoms with Crippen molar-refractivity contribution in [3.8, 4) is 11.5 Å². The average Bonchev–Trinajstić information content (AvgIpc) is 3.20. The molecule has 31 heavy (non-hydrogen) atoms. The maximum atomic E-state index is 12.2. The summed E-state index contributed by atoms with van der Waals surface area (Å²) in [6.07, 6.45) is 0. The number of hydrogen-bond acceptors (Lipinski definition) is 6. The Morgan fingerprint density at radius 3 is 2.42 bits per heavy atom. The lowest BCUT2D eigenvalue weighted by molar-refractivity contribution is 0.0475. The van der Waals surface area contributed by atoms with E-state index in [1.54, 1.807) is 12.1 Å². The number of carbonyl (C=O) groups excluding carboxylic acids is 1. The van der Waals surface area contributed by atoms with Crippen LogP contribution >= 0.6 is 46.4 Å². The molecule has 1 heterocycles. The minimum atomic E-state index is -0.863. The van der Waals surface area contributed by atoms with Crippen LogP contribution in [0.2, 0.25) is 20.1 Å². The molecule has 0 aliphatic rings. The molecule has 3 aromatic rings. The van der Waals surface area contributed by atoms with Crippen LogP contribution in [0.3, 0.4) is 0 Å². The van der Waals surface area contributed by atoms with Crippen molar-refractivity contribution in [2.75, 3.05) is 7.11 Å². The Morgan fingerprint density at radius 2 is 1.74 bits per heavy atom. The van der Waals surface area contributed by atoms with Crippen LogP contribution in [-0.2, 0) is 11.4 Å². The summed E-state index contributed by atoms with van der Waals surface area (Å²) in [5.74, 6) is -0.101. The van der Waals surface area contributed by atoms with Crippen LogP contribution in [-0.4, -0.2) is 18.9 Å². The molecule has 3 rings (SSSR count). The minimum absolute atomic E-state index is 0.0422. The highest BCUT2D eigenvalue weighted by atomic mass is 35.5. The predicted octanol–water partition coefficient (Wildman–Crippen LogP) is 5.96. The third-order valence-electron chi connectivity index (χ3n) is 3.85. The van der Waals surface area contributed by atoms with Gasteiger partial charge < -0.3 is 24.5 Å². The summed E-state index contributed by atoms with van der Waals surface area (Å²) in [4.78, 5) is 17.0. The average molecular weight is 504 g/mol. The van der Waals surface area contributed by atoms with E-state index in [4.69, 9.17) is 70.9 Å². The number of nitrogens with zero attached hydrogens (tertiary/aromatic N) is 1. The van der Waals surface area contributed by atoms with Gasteiger partial charge in [0.05, 0.1) is 22.7 Å². The van der Waals surface area contributed by atoms with Gasteiger partial charge in [-0.15, -0.1) is 0 Å². The van der Waals surface area contributed by atoms with Crippen LogP contribution in [0.4, 0.5) is 0 Å². The Hall–Kier alpha value is -2.58. The molecule has 0 spiro atoms. The summed E-state index contributed by atoms with van der Waals surface area (Å²) in [5, 5.41) is 4.89. The standard InChI is InChI=1S/C20H14Cl4N2O5/c1-28-16-4-2-10(21)6-13(16)19(25)26-31-20(27)17-5-3-12(30-17)9-29-18-14(23)7-11(22)8-15(18)24/h2-8H,9H2,1H3,(H2,25,26). The number of furan rings is 1. The van der Waals surface area contributed by atoms with E-state index in [1.165, 1.54) is 37.4 Å². The highest BCUT2D eigenvalue weighted by Gasteiger charge is 2.16. The quantitative estimate of drug-likeness (QED) is 0.185. The van der Waals surface area contributed by atoms with Crippen molar-refractivity contribution in [2.45, 2.75) is 6.61 Å². The molecular weight excluding hydrogens is 490 g/mol. The van der Waals surface area contributed by atoms with Crippen molar-refractivity contribution in [2.24, 2.45) is 10.9 Å². The Balaban J connectivity index is 1.65. The van der Waals surface area contributed by atoms with E-state index in [-0.39, 0.29) is 34.0 Å². The summed E-state index contributed by atoms with van der Waals surface area (Å²) in [6, 6.07) is 10.7. The lowest BCUT2D eigenvalue weighted by atomic mass is 10.2. The van der Waals surface area contributed by atoms with Crippen LogP contribution in [0.5, 0.6) is 11.5 Å². The van der Waals surface area contributed by atoms with Gasteiger partial charge in [-0.3, -0.25) is 0 Å². The smallest absolute Gasteiger partial charge is 0.400 e. The van der Waals surface area contributed by atoms with Crippen LogP contribution < -0.4 is 15.2 Å². The fourth-order valence-corrected chi connectivity index (χ4v) is 3.54. The molecule has 0 radical (unpaired) electrons. The van der Waals surface area contributed by atoms with Crippen molar-refractivity contribution >= 4 is 58.2 Å². The number of halogens is 4. The maximum Gasteiger partial charge on any atom is 0.400 e. The fourth-order valence-electron chi connectivity index (χ4n) is 2.44. The Bertz CT molecular complexity index is 1120. The molecule has 0 saturated carbocycles. The maximum absolute atomic E-state index is 12.2. The third kappa shape index (κ3) is 5.77. The number of hydrogen-bond donors (Lipinski definition) is 1. The summed E-state index contributed by atoms with van der Waals surface area (Å²) in [6.45, 7) is -0.0422. The molecule has 0 fully saturated rings. The monoisotopic (exact) mass is 502 g/mol. The number of rotatable bonds is 7. The van der Waals surface area contributed by atoms with E-state index in [2.05, 4.69) is 5.16 Å². The van der Waals surface area contributed by atoms with E-state index < -0.39 is 5.97 Å². The van der Waals surface area contributed by atoms with Crippen molar-refractivity contribution in [1.82, 2.24) is 0 Å². The molecule has 2 aromatic carbocycles. The van der Waals surface area contributed by atoms with E-state index in [9.17, 15) is 4.79 Å². The number of nitrogens with two attached hydrogens (primary N) is 1. The second kappa shape index (κ2) is 10.2. The number of oxime groups is 1. The van der Waals surface area contributed by atoms with E-state index in [0.717, 1.165) is 0 Å². The molecule has 0 unspecified atom stereocenters. The Morgan fingerprint density at radius 1 is 1.03 bits per heavy atom. The van der Waals surface area contributed by atoms with Gasteiger partial charge in [-0.1, -0.05) is 51.6 Å². The van der Waals surface area contributed by atoms with Gasteiger partial charge in [0, 0.05) is 10.0 Å². The van der Waals surface area contributed by atoms with E-state index >= 15 is 0 Å². The van der Waals surface area contributed by atoms with Crippen molar-refractivity contribution in [3.63, 3.8) is 0 Å². The van der Waals surface area contributed by atoms with Crippen molar-refractivity contribution < 1.29 is 23.5 Å². The SMILES string of the molecule is COc1ccc(Cl)cc1/C(N)=N/OC(=O)c1ccc(COc2c(Cl)cc(Cl)cc2Cl)o1. The van der Waals surface area contributed by atoms with Crippen LogP contribution in [0, 0.1) is 0 Å². The molecule has 2 N–H and O–H groups in total. The second-order valence-electron chi connectivity index (χ2n) is 5.95. The normalized spacial score (nSPS) is 11.3. The van der Waals surface area contributed by atoms with Gasteiger partial charge in [0.15, 0.2) is 11.6 Å². The first kappa shape index (κ1) is 23.1. The summed E-state index contributed by atoms with van der Waals surface area (Å²) in [7, 11) is 1.46.